The molecule has 2 fully saturated rings. The Bertz CT molecular complexity index is 987. The zero-order valence-electron chi connectivity index (χ0n) is 17.8. The topological polar surface area (TPSA) is 78.5 Å². The molecule has 1 unspecified atom stereocenters. The maximum absolute atomic E-state index is 13.2. The van der Waals surface area contributed by atoms with E-state index in [2.05, 4.69) is 10.6 Å². The highest BCUT2D eigenvalue weighted by Gasteiger charge is 2.58. The van der Waals surface area contributed by atoms with Gasteiger partial charge in [-0.2, -0.15) is 0 Å². The van der Waals surface area contributed by atoms with E-state index >= 15 is 0 Å². The first-order chi connectivity index (χ1) is 14.3. The summed E-state index contributed by atoms with van der Waals surface area (Å²) >= 11 is 0. The van der Waals surface area contributed by atoms with Crippen LogP contribution in [0.1, 0.15) is 51.6 Å². The first kappa shape index (κ1) is 20.4. The molecule has 1 saturated carbocycles. The highest BCUT2D eigenvalue weighted by atomic mass is 16.2. The van der Waals surface area contributed by atoms with Crippen LogP contribution in [-0.4, -0.2) is 34.8 Å². The summed E-state index contributed by atoms with van der Waals surface area (Å²) in [7, 11) is 0. The predicted molar refractivity (Wildman–Crippen MR) is 116 cm³/mol. The van der Waals surface area contributed by atoms with Crippen LogP contribution in [0.25, 0.3) is 10.8 Å². The van der Waals surface area contributed by atoms with Gasteiger partial charge >= 0.3 is 6.03 Å². The van der Waals surface area contributed by atoms with Gasteiger partial charge in [-0.1, -0.05) is 62.7 Å². The second-order valence-corrected chi connectivity index (χ2v) is 8.78. The second-order valence-electron chi connectivity index (χ2n) is 8.78. The molecule has 2 aromatic carbocycles. The molecule has 1 saturated heterocycles. The summed E-state index contributed by atoms with van der Waals surface area (Å²) in [4.78, 5) is 39.7. The lowest BCUT2D eigenvalue weighted by atomic mass is 9.67. The largest absolute Gasteiger partial charge is 0.348 e. The molecule has 30 heavy (non-hydrogen) atoms. The lowest BCUT2D eigenvalue weighted by molar-refractivity contribution is -0.139. The number of fused-ring (bicyclic) bond motifs is 1. The van der Waals surface area contributed by atoms with Crippen molar-refractivity contribution >= 4 is 28.6 Å². The van der Waals surface area contributed by atoms with E-state index < -0.39 is 11.6 Å². The number of amides is 4. The van der Waals surface area contributed by atoms with E-state index in [0.29, 0.717) is 0 Å². The molecule has 0 bridgehead atoms. The number of imide groups is 1. The molecule has 1 heterocycles. The quantitative estimate of drug-likeness (QED) is 0.758. The Morgan fingerprint density at radius 1 is 1.13 bits per heavy atom. The summed E-state index contributed by atoms with van der Waals surface area (Å²) in [5, 5.41) is 8.08. The van der Waals surface area contributed by atoms with Gasteiger partial charge in [0.2, 0.25) is 5.91 Å². The number of hydrogen-bond donors (Lipinski definition) is 2. The van der Waals surface area contributed by atoms with Gasteiger partial charge in [0.15, 0.2) is 0 Å². The number of hydrogen-bond acceptors (Lipinski definition) is 3. The van der Waals surface area contributed by atoms with Crippen molar-refractivity contribution in [2.45, 2.75) is 51.6 Å². The molecule has 6 nitrogen and oxygen atoms in total. The van der Waals surface area contributed by atoms with E-state index in [1.54, 1.807) is 0 Å². The third kappa shape index (κ3) is 3.24. The van der Waals surface area contributed by atoms with Crippen LogP contribution in [0, 0.1) is 11.8 Å². The van der Waals surface area contributed by atoms with E-state index in [0.717, 1.165) is 40.5 Å². The molecular formula is C24H29N3O3. The summed E-state index contributed by atoms with van der Waals surface area (Å²) in [5.74, 6) is -0.493. The molecule has 2 aromatic rings. The van der Waals surface area contributed by atoms with Gasteiger partial charge in [0, 0.05) is 0 Å². The molecule has 1 spiro atoms. The van der Waals surface area contributed by atoms with E-state index in [4.69, 9.17) is 0 Å². The maximum atomic E-state index is 13.2. The summed E-state index contributed by atoms with van der Waals surface area (Å²) < 4.78 is 0. The minimum Gasteiger partial charge on any atom is -0.348 e. The number of benzene rings is 2. The van der Waals surface area contributed by atoms with E-state index in [1.807, 2.05) is 63.2 Å². The van der Waals surface area contributed by atoms with E-state index in [-0.39, 0.29) is 36.2 Å². The Kier molecular flexibility index (Phi) is 5.26. The van der Waals surface area contributed by atoms with Crippen molar-refractivity contribution in [1.29, 1.82) is 0 Å². The summed E-state index contributed by atoms with van der Waals surface area (Å²) in [6.45, 7) is 5.68. The molecule has 1 aliphatic heterocycles. The van der Waals surface area contributed by atoms with Gasteiger partial charge in [-0.3, -0.25) is 14.5 Å². The minimum atomic E-state index is -0.878. The standard InChI is InChI=1S/C24H29N3O3/c1-15-8-6-9-16(2)24(15)22(29)27(23(30)26-24)14-21(28)25-17(3)19-13-7-11-18-10-4-5-12-20(18)19/h4-5,7,10-13,15-17H,6,8-9,14H2,1-3H3,(H,25,28)(H,26,30)/t15-,16+,17-,24?/m1/s1. The number of nitrogens with one attached hydrogen (secondary N) is 2. The number of carbonyl (C=O) groups excluding carboxylic acids is 3. The number of rotatable bonds is 4. The molecule has 0 aromatic heterocycles. The molecule has 2 N–H and O–H groups in total. The molecule has 2 aliphatic rings. The van der Waals surface area contributed by atoms with Crippen molar-refractivity contribution < 1.29 is 14.4 Å². The van der Waals surface area contributed by atoms with Crippen molar-refractivity contribution in [2.24, 2.45) is 11.8 Å². The zero-order chi connectivity index (χ0) is 21.5. The van der Waals surface area contributed by atoms with Crippen LogP contribution in [0.2, 0.25) is 0 Å². The Morgan fingerprint density at radius 2 is 1.80 bits per heavy atom. The SMILES string of the molecule is C[C@@H]1CCC[C@H](C)C12NC(=O)N(CC(=O)N[C@H](C)c1cccc3ccccc13)C2=O. The normalized spacial score (nSPS) is 27.4. The molecule has 158 valence electrons. The number of nitrogens with zero attached hydrogens (tertiary/aromatic N) is 1. The Balaban J connectivity index is 1.49. The van der Waals surface area contributed by atoms with Crippen LogP contribution in [-0.2, 0) is 9.59 Å². The zero-order valence-corrected chi connectivity index (χ0v) is 17.8. The van der Waals surface area contributed by atoms with Crippen molar-refractivity contribution in [1.82, 2.24) is 15.5 Å². The molecule has 1 aliphatic carbocycles. The fourth-order valence-corrected chi connectivity index (χ4v) is 5.23. The van der Waals surface area contributed by atoms with Gasteiger partial charge in [-0.15, -0.1) is 0 Å². The molecular weight excluding hydrogens is 378 g/mol. The van der Waals surface area contributed by atoms with Crippen molar-refractivity contribution in [3.05, 3.63) is 48.0 Å². The fourth-order valence-electron chi connectivity index (χ4n) is 5.23. The van der Waals surface area contributed by atoms with Crippen LogP contribution in [0.3, 0.4) is 0 Å². The van der Waals surface area contributed by atoms with E-state index in [1.165, 1.54) is 0 Å². The van der Waals surface area contributed by atoms with Crippen LogP contribution in [0.5, 0.6) is 0 Å². The van der Waals surface area contributed by atoms with Crippen molar-refractivity contribution in [3.63, 3.8) is 0 Å². The third-order valence-electron chi connectivity index (χ3n) is 6.96. The fraction of sp³-hybridized carbons (Fsp3) is 0.458. The summed E-state index contributed by atoms with van der Waals surface area (Å²) in [6, 6.07) is 13.3. The van der Waals surface area contributed by atoms with Gasteiger partial charge in [0.05, 0.1) is 6.04 Å². The van der Waals surface area contributed by atoms with Gasteiger partial charge in [-0.05, 0) is 47.9 Å². The summed E-state index contributed by atoms with van der Waals surface area (Å²) in [5.41, 5.74) is 0.126. The Morgan fingerprint density at radius 3 is 2.53 bits per heavy atom. The molecule has 0 radical (unpaired) electrons. The molecule has 4 rings (SSSR count). The maximum Gasteiger partial charge on any atom is 0.325 e. The number of urea groups is 1. The lowest BCUT2D eigenvalue weighted by Crippen LogP contribution is -2.59. The highest BCUT2D eigenvalue weighted by Crippen LogP contribution is 2.42. The van der Waals surface area contributed by atoms with Crippen LogP contribution in [0.15, 0.2) is 42.5 Å². The average Bonchev–Trinajstić information content (AvgIpc) is 2.97. The molecule has 4 amide bonds. The average molecular weight is 408 g/mol. The van der Waals surface area contributed by atoms with Gasteiger partial charge < -0.3 is 10.6 Å². The van der Waals surface area contributed by atoms with Crippen molar-refractivity contribution in [3.8, 4) is 0 Å². The Labute approximate surface area is 177 Å². The van der Waals surface area contributed by atoms with Crippen LogP contribution < -0.4 is 10.6 Å². The van der Waals surface area contributed by atoms with Crippen LogP contribution in [0.4, 0.5) is 4.79 Å². The smallest absolute Gasteiger partial charge is 0.325 e. The highest BCUT2D eigenvalue weighted by molar-refractivity contribution is 6.09. The minimum absolute atomic E-state index is 0.0559. The second kappa shape index (κ2) is 7.74. The molecule has 6 heteroatoms. The monoisotopic (exact) mass is 407 g/mol. The predicted octanol–water partition coefficient (Wildman–Crippen LogP) is 3.76. The van der Waals surface area contributed by atoms with Crippen molar-refractivity contribution in [2.75, 3.05) is 6.54 Å². The first-order valence-corrected chi connectivity index (χ1v) is 10.8. The van der Waals surface area contributed by atoms with E-state index in [9.17, 15) is 14.4 Å². The number of carbonyl (C=O) groups is 3. The van der Waals surface area contributed by atoms with Gasteiger partial charge in [0.1, 0.15) is 12.1 Å². The third-order valence-corrected chi connectivity index (χ3v) is 6.96. The van der Waals surface area contributed by atoms with Gasteiger partial charge in [-0.25, -0.2) is 4.79 Å². The Hall–Kier alpha value is -2.89. The van der Waals surface area contributed by atoms with Gasteiger partial charge in [0.25, 0.3) is 5.91 Å². The first-order valence-electron chi connectivity index (χ1n) is 10.8. The summed E-state index contributed by atoms with van der Waals surface area (Å²) in [6.07, 6.45) is 2.85. The van der Waals surface area contributed by atoms with Crippen LogP contribution >= 0.6 is 0 Å². The molecule has 4 atom stereocenters. The lowest BCUT2D eigenvalue weighted by Gasteiger charge is -2.42.